The number of aromatic nitrogens is 3. The number of methoxy groups -OCH3 is 1. The number of ether oxygens (including phenoxy) is 1. The number of nitrogen functional groups attached to an aromatic ring is 1. The third-order valence-corrected chi connectivity index (χ3v) is 2.89. The molecule has 0 fully saturated rings. The number of rotatable bonds is 5. The lowest BCUT2D eigenvalue weighted by atomic mass is 10.3. The molecule has 0 saturated heterocycles. The molecule has 112 valence electrons. The zero-order valence-corrected chi connectivity index (χ0v) is 12.5. The first-order chi connectivity index (χ1) is 10.1. The molecule has 21 heavy (non-hydrogen) atoms. The van der Waals surface area contributed by atoms with Gasteiger partial charge in [-0.15, -0.1) is 0 Å². The minimum atomic E-state index is 0.297. The van der Waals surface area contributed by atoms with Crippen LogP contribution in [-0.4, -0.2) is 43.2 Å². The van der Waals surface area contributed by atoms with Gasteiger partial charge in [0.05, 0.1) is 12.8 Å². The van der Waals surface area contributed by atoms with Gasteiger partial charge in [-0.2, -0.15) is 15.0 Å². The van der Waals surface area contributed by atoms with Crippen molar-refractivity contribution < 1.29 is 4.74 Å². The van der Waals surface area contributed by atoms with E-state index in [1.54, 1.807) is 12.0 Å². The highest BCUT2D eigenvalue weighted by molar-refractivity contribution is 5.65. The normalized spacial score (nSPS) is 10.1. The van der Waals surface area contributed by atoms with Crippen molar-refractivity contribution in [2.75, 3.05) is 43.5 Å². The summed E-state index contributed by atoms with van der Waals surface area (Å²) in [5.74, 6) is 7.42. The summed E-state index contributed by atoms with van der Waals surface area (Å²) >= 11 is 0. The Bertz CT molecular complexity index is 617. The summed E-state index contributed by atoms with van der Waals surface area (Å²) in [5, 5.41) is 0. The molecule has 2 aromatic rings. The van der Waals surface area contributed by atoms with Gasteiger partial charge in [-0.1, -0.05) is 12.1 Å². The van der Waals surface area contributed by atoms with E-state index in [1.807, 2.05) is 50.3 Å². The zero-order valence-electron chi connectivity index (χ0n) is 12.5. The molecule has 0 aliphatic heterocycles. The quantitative estimate of drug-likeness (QED) is 0.622. The van der Waals surface area contributed by atoms with Crippen LogP contribution >= 0.6 is 0 Å². The number of nitrogens with one attached hydrogen (secondary N) is 1. The highest BCUT2D eigenvalue weighted by Gasteiger charge is 2.15. The SMILES string of the molecule is COc1ccccc1N(C)c1nc(NN)nc(N(C)C)n1. The highest BCUT2D eigenvalue weighted by atomic mass is 16.5. The first-order valence-corrected chi connectivity index (χ1v) is 6.33. The summed E-state index contributed by atoms with van der Waals surface area (Å²) < 4.78 is 5.36. The molecule has 0 atom stereocenters. The molecule has 0 radical (unpaired) electrons. The second kappa shape index (κ2) is 6.23. The minimum absolute atomic E-state index is 0.297. The zero-order chi connectivity index (χ0) is 15.4. The Kier molecular flexibility index (Phi) is 4.39. The summed E-state index contributed by atoms with van der Waals surface area (Å²) in [4.78, 5) is 16.5. The second-order valence-electron chi connectivity index (χ2n) is 4.53. The van der Waals surface area contributed by atoms with Crippen LogP contribution < -0.4 is 25.8 Å². The van der Waals surface area contributed by atoms with E-state index in [2.05, 4.69) is 20.4 Å². The van der Waals surface area contributed by atoms with Crippen LogP contribution in [0.3, 0.4) is 0 Å². The Morgan fingerprint density at radius 2 is 1.71 bits per heavy atom. The lowest BCUT2D eigenvalue weighted by Crippen LogP contribution is -2.21. The van der Waals surface area contributed by atoms with E-state index in [9.17, 15) is 0 Å². The van der Waals surface area contributed by atoms with Gasteiger partial charge in [0.25, 0.3) is 0 Å². The molecule has 3 N–H and O–H groups in total. The van der Waals surface area contributed by atoms with Crippen LogP contribution in [0, 0.1) is 0 Å². The van der Waals surface area contributed by atoms with E-state index < -0.39 is 0 Å². The number of nitrogens with zero attached hydrogens (tertiary/aromatic N) is 5. The number of nitrogens with two attached hydrogens (primary N) is 1. The molecule has 0 aliphatic carbocycles. The molecule has 8 heteroatoms. The smallest absolute Gasteiger partial charge is 0.243 e. The Balaban J connectivity index is 2.47. The third-order valence-electron chi connectivity index (χ3n) is 2.89. The number of hydrogen-bond donors (Lipinski definition) is 2. The van der Waals surface area contributed by atoms with Crippen LogP contribution in [0.25, 0.3) is 0 Å². The van der Waals surface area contributed by atoms with E-state index in [0.717, 1.165) is 11.4 Å². The molecule has 0 saturated carbocycles. The van der Waals surface area contributed by atoms with Crippen molar-refractivity contribution >= 4 is 23.5 Å². The Morgan fingerprint density at radius 3 is 2.33 bits per heavy atom. The van der Waals surface area contributed by atoms with Gasteiger partial charge in [0.15, 0.2) is 0 Å². The van der Waals surface area contributed by atoms with Crippen LogP contribution in [-0.2, 0) is 0 Å². The number of hydrazine groups is 1. The molecule has 0 bridgehead atoms. The topological polar surface area (TPSA) is 92.4 Å². The van der Waals surface area contributed by atoms with Gasteiger partial charge < -0.3 is 14.5 Å². The van der Waals surface area contributed by atoms with Crippen molar-refractivity contribution in [2.24, 2.45) is 5.84 Å². The van der Waals surface area contributed by atoms with Crippen molar-refractivity contribution in [3.8, 4) is 5.75 Å². The summed E-state index contributed by atoms with van der Waals surface area (Å²) in [7, 11) is 7.18. The fourth-order valence-corrected chi connectivity index (χ4v) is 1.78. The van der Waals surface area contributed by atoms with Gasteiger partial charge in [0, 0.05) is 21.1 Å². The van der Waals surface area contributed by atoms with Crippen molar-refractivity contribution in [1.29, 1.82) is 0 Å². The average Bonchev–Trinajstić information content (AvgIpc) is 2.53. The fraction of sp³-hybridized carbons (Fsp3) is 0.308. The molecular formula is C13H19N7O. The average molecular weight is 289 g/mol. The lowest BCUT2D eigenvalue weighted by Gasteiger charge is -2.21. The summed E-state index contributed by atoms with van der Waals surface area (Å²) in [6, 6.07) is 7.63. The molecule has 1 heterocycles. The predicted octanol–water partition coefficient (Wildman–Crippen LogP) is 1.000. The summed E-state index contributed by atoms with van der Waals surface area (Å²) in [6.45, 7) is 0. The molecular weight excluding hydrogens is 270 g/mol. The highest BCUT2D eigenvalue weighted by Crippen LogP contribution is 2.31. The van der Waals surface area contributed by atoms with E-state index >= 15 is 0 Å². The number of anilines is 4. The monoisotopic (exact) mass is 289 g/mol. The van der Waals surface area contributed by atoms with Gasteiger partial charge in [0.1, 0.15) is 5.75 Å². The molecule has 0 aliphatic rings. The standard InChI is InChI=1S/C13H19N7O/c1-19(2)12-15-11(18-14)16-13(17-12)20(3)9-7-5-6-8-10(9)21-4/h5-8H,14H2,1-4H3,(H,15,16,17,18). The molecule has 0 unspecified atom stereocenters. The second-order valence-corrected chi connectivity index (χ2v) is 4.53. The van der Waals surface area contributed by atoms with Gasteiger partial charge in [0.2, 0.25) is 17.8 Å². The van der Waals surface area contributed by atoms with Gasteiger partial charge >= 0.3 is 0 Å². The third kappa shape index (κ3) is 3.11. The summed E-state index contributed by atoms with van der Waals surface area (Å²) in [6.07, 6.45) is 0. The van der Waals surface area contributed by atoms with Crippen molar-refractivity contribution in [2.45, 2.75) is 0 Å². The van der Waals surface area contributed by atoms with Gasteiger partial charge in [-0.3, -0.25) is 5.43 Å². The van der Waals surface area contributed by atoms with Gasteiger partial charge in [-0.25, -0.2) is 5.84 Å². The Hall–Kier alpha value is -2.61. The molecule has 0 spiro atoms. The van der Waals surface area contributed by atoms with Crippen LogP contribution in [0.4, 0.5) is 23.5 Å². The maximum Gasteiger partial charge on any atom is 0.243 e. The van der Waals surface area contributed by atoms with E-state index in [-0.39, 0.29) is 0 Å². The van der Waals surface area contributed by atoms with E-state index in [4.69, 9.17) is 10.6 Å². The minimum Gasteiger partial charge on any atom is -0.495 e. The molecule has 1 aromatic carbocycles. The maximum absolute atomic E-state index is 5.42. The van der Waals surface area contributed by atoms with Crippen molar-refractivity contribution in [1.82, 2.24) is 15.0 Å². The molecule has 2 rings (SSSR count). The van der Waals surface area contributed by atoms with Crippen LogP contribution in [0.5, 0.6) is 5.75 Å². The molecule has 8 nitrogen and oxygen atoms in total. The van der Waals surface area contributed by atoms with Crippen LogP contribution in [0.2, 0.25) is 0 Å². The van der Waals surface area contributed by atoms with Crippen LogP contribution in [0.1, 0.15) is 0 Å². The largest absolute Gasteiger partial charge is 0.495 e. The number of benzene rings is 1. The first-order valence-electron chi connectivity index (χ1n) is 6.33. The Labute approximate surface area is 123 Å². The van der Waals surface area contributed by atoms with Crippen molar-refractivity contribution in [3.63, 3.8) is 0 Å². The predicted molar refractivity (Wildman–Crippen MR) is 83.0 cm³/mol. The maximum atomic E-state index is 5.42. The Morgan fingerprint density at radius 1 is 1.05 bits per heavy atom. The first kappa shape index (κ1) is 14.8. The fourth-order valence-electron chi connectivity index (χ4n) is 1.78. The molecule has 0 amide bonds. The molecule has 1 aromatic heterocycles. The summed E-state index contributed by atoms with van der Waals surface area (Å²) in [5.41, 5.74) is 3.30. The number of para-hydroxylation sites is 2. The van der Waals surface area contributed by atoms with E-state index in [1.165, 1.54) is 0 Å². The van der Waals surface area contributed by atoms with Gasteiger partial charge in [-0.05, 0) is 12.1 Å². The van der Waals surface area contributed by atoms with Crippen LogP contribution in [0.15, 0.2) is 24.3 Å². The van der Waals surface area contributed by atoms with E-state index in [0.29, 0.717) is 17.8 Å². The number of hydrogen-bond acceptors (Lipinski definition) is 8. The lowest BCUT2D eigenvalue weighted by molar-refractivity contribution is 0.415. The van der Waals surface area contributed by atoms with Crippen molar-refractivity contribution in [3.05, 3.63) is 24.3 Å².